The number of nitrogens with zero attached hydrogens (tertiary/aromatic N) is 3. The fraction of sp³-hybridized carbons (Fsp3) is 0.261. The second-order valence-electron chi connectivity index (χ2n) is 7.33. The maximum atomic E-state index is 13.7. The van der Waals surface area contributed by atoms with Gasteiger partial charge in [-0.25, -0.2) is 0 Å². The van der Waals surface area contributed by atoms with Crippen LogP contribution in [0.4, 0.5) is 11.4 Å². The zero-order valence-electron chi connectivity index (χ0n) is 17.3. The average molecular weight is 436 g/mol. The molecule has 0 bridgehead atoms. The molecule has 1 amide bonds. The van der Waals surface area contributed by atoms with Crippen molar-refractivity contribution in [2.24, 2.45) is 0 Å². The van der Waals surface area contributed by atoms with E-state index in [0.717, 1.165) is 29.8 Å². The monoisotopic (exact) mass is 435 g/mol. The summed E-state index contributed by atoms with van der Waals surface area (Å²) in [6.45, 7) is 2.52. The molecular formula is C23H25N5O2S. The molecule has 1 aromatic heterocycles. The Morgan fingerprint density at radius 1 is 1.23 bits per heavy atom. The highest BCUT2D eigenvalue weighted by Crippen LogP contribution is 2.36. The van der Waals surface area contributed by atoms with E-state index in [2.05, 4.69) is 27.4 Å². The molecular weight excluding hydrogens is 410 g/mol. The third-order valence-electron chi connectivity index (χ3n) is 5.19. The van der Waals surface area contributed by atoms with Crippen molar-refractivity contribution in [1.82, 2.24) is 15.2 Å². The Morgan fingerprint density at radius 2 is 2.00 bits per heavy atom. The van der Waals surface area contributed by atoms with Crippen LogP contribution in [0.2, 0.25) is 0 Å². The van der Waals surface area contributed by atoms with E-state index in [4.69, 9.17) is 0 Å². The van der Waals surface area contributed by atoms with E-state index >= 15 is 0 Å². The number of rotatable bonds is 7. The molecule has 2 N–H and O–H groups in total. The predicted molar refractivity (Wildman–Crippen MR) is 124 cm³/mol. The van der Waals surface area contributed by atoms with Gasteiger partial charge in [0, 0.05) is 23.2 Å². The van der Waals surface area contributed by atoms with Crippen molar-refractivity contribution in [3.05, 3.63) is 77.9 Å². The highest BCUT2D eigenvalue weighted by molar-refractivity contribution is 7.93. The number of aromatic amines is 1. The lowest BCUT2D eigenvalue weighted by Crippen LogP contribution is -2.36. The van der Waals surface area contributed by atoms with Crippen LogP contribution in [0.3, 0.4) is 0 Å². The second-order valence-corrected chi connectivity index (χ2v) is 8.89. The fourth-order valence-corrected chi connectivity index (χ4v) is 5.34. The van der Waals surface area contributed by atoms with Crippen molar-refractivity contribution in [3.8, 4) is 0 Å². The highest BCUT2D eigenvalue weighted by atomic mass is 32.2. The molecule has 0 saturated heterocycles. The Hall–Kier alpha value is -3.10. The summed E-state index contributed by atoms with van der Waals surface area (Å²) in [4.78, 5) is 15.9. The van der Waals surface area contributed by atoms with Gasteiger partial charge in [-0.05, 0) is 30.7 Å². The molecule has 2 heterocycles. The van der Waals surface area contributed by atoms with Crippen LogP contribution in [0.25, 0.3) is 6.08 Å². The second kappa shape index (κ2) is 9.80. The van der Waals surface area contributed by atoms with Crippen LogP contribution in [0, 0.1) is 0 Å². The SMILES string of the molecule is CCCC(c1nnc[nH]1)[S+]([O-])N1CCC(C(=O)Nc2ccccc2)=Cc2ccccc21. The van der Waals surface area contributed by atoms with E-state index in [1.807, 2.05) is 65.0 Å². The van der Waals surface area contributed by atoms with Gasteiger partial charge in [-0.15, -0.1) is 10.2 Å². The van der Waals surface area contributed by atoms with E-state index < -0.39 is 11.4 Å². The molecule has 8 heteroatoms. The molecule has 0 fully saturated rings. The smallest absolute Gasteiger partial charge is 0.251 e. The number of nitrogens with one attached hydrogen (secondary N) is 2. The molecule has 2 unspecified atom stereocenters. The number of hydrogen-bond donors (Lipinski definition) is 2. The topological polar surface area (TPSA) is 97.0 Å². The summed E-state index contributed by atoms with van der Waals surface area (Å²) in [5, 5.41) is 10.7. The third-order valence-corrected chi connectivity index (χ3v) is 6.95. The van der Waals surface area contributed by atoms with Crippen LogP contribution >= 0.6 is 0 Å². The molecule has 2 aromatic carbocycles. The van der Waals surface area contributed by atoms with Crippen molar-refractivity contribution in [2.45, 2.75) is 31.4 Å². The first-order chi connectivity index (χ1) is 15.2. The van der Waals surface area contributed by atoms with E-state index in [1.54, 1.807) is 0 Å². The lowest BCUT2D eigenvalue weighted by molar-refractivity contribution is -0.112. The number of hydrogen-bond acceptors (Lipinski definition) is 5. The largest absolute Gasteiger partial charge is 0.592 e. The van der Waals surface area contributed by atoms with E-state index in [0.29, 0.717) is 24.4 Å². The van der Waals surface area contributed by atoms with Gasteiger partial charge in [0.15, 0.2) is 11.1 Å². The van der Waals surface area contributed by atoms with Crippen molar-refractivity contribution in [3.63, 3.8) is 0 Å². The zero-order chi connectivity index (χ0) is 21.6. The molecule has 0 aliphatic carbocycles. The molecule has 3 aromatic rings. The Balaban J connectivity index is 1.60. The standard InChI is InChI=1S/C23H25N5O2S/c1-2-8-21(22-24-16-25-27-22)31(30)28-14-13-18(15-17-9-6-7-12-20(17)28)23(29)26-19-10-4-3-5-11-19/h3-7,9-12,15-16,21H,2,8,13-14H2,1H3,(H,26,29)(H,24,25,27). The average Bonchev–Trinajstić information content (AvgIpc) is 3.25. The highest BCUT2D eigenvalue weighted by Gasteiger charge is 2.35. The predicted octanol–water partition coefficient (Wildman–Crippen LogP) is 4.24. The minimum absolute atomic E-state index is 0.144. The molecule has 31 heavy (non-hydrogen) atoms. The van der Waals surface area contributed by atoms with Crippen molar-refractivity contribution >= 4 is 34.7 Å². The van der Waals surface area contributed by atoms with Gasteiger partial charge >= 0.3 is 0 Å². The van der Waals surface area contributed by atoms with Crippen LogP contribution in [0.5, 0.6) is 0 Å². The van der Waals surface area contributed by atoms with Gasteiger partial charge in [0.05, 0.1) is 23.6 Å². The van der Waals surface area contributed by atoms with Crippen LogP contribution in [-0.4, -0.2) is 32.2 Å². The number of anilines is 2. The van der Waals surface area contributed by atoms with Crippen LogP contribution < -0.4 is 9.62 Å². The molecule has 0 saturated carbocycles. The number of para-hydroxylation sites is 2. The first kappa shape index (κ1) is 21.1. The number of benzene rings is 2. The number of fused-ring (bicyclic) bond motifs is 1. The quantitative estimate of drug-likeness (QED) is 0.541. The maximum Gasteiger partial charge on any atom is 0.251 e. The molecule has 2 atom stereocenters. The third kappa shape index (κ3) is 4.81. The Bertz CT molecular complexity index is 1040. The van der Waals surface area contributed by atoms with Crippen LogP contribution in [0.1, 0.15) is 42.8 Å². The zero-order valence-corrected chi connectivity index (χ0v) is 18.1. The van der Waals surface area contributed by atoms with Crippen LogP contribution in [-0.2, 0) is 16.2 Å². The summed E-state index contributed by atoms with van der Waals surface area (Å²) in [6.07, 6.45) is 5.48. The van der Waals surface area contributed by atoms with E-state index in [-0.39, 0.29) is 11.2 Å². The normalized spacial score (nSPS) is 15.4. The van der Waals surface area contributed by atoms with Gasteiger partial charge in [-0.3, -0.25) is 4.79 Å². The first-order valence-electron chi connectivity index (χ1n) is 10.4. The molecule has 7 nitrogen and oxygen atoms in total. The van der Waals surface area contributed by atoms with Gasteiger partial charge in [0.25, 0.3) is 5.91 Å². The minimum atomic E-state index is -1.38. The number of aromatic nitrogens is 3. The van der Waals surface area contributed by atoms with Gasteiger partial charge in [-0.2, -0.15) is 4.31 Å². The molecule has 1 aliphatic rings. The lowest BCUT2D eigenvalue weighted by Gasteiger charge is -2.30. The molecule has 0 radical (unpaired) electrons. The molecule has 4 rings (SSSR count). The summed E-state index contributed by atoms with van der Waals surface area (Å²) in [5.74, 6) is 0.478. The summed E-state index contributed by atoms with van der Waals surface area (Å²) in [5.41, 5.74) is 3.13. The lowest BCUT2D eigenvalue weighted by atomic mass is 10.1. The Labute approximate surface area is 184 Å². The summed E-state index contributed by atoms with van der Waals surface area (Å²) < 4.78 is 15.6. The maximum absolute atomic E-state index is 13.7. The van der Waals surface area contributed by atoms with Gasteiger partial charge in [0.1, 0.15) is 6.33 Å². The summed E-state index contributed by atoms with van der Waals surface area (Å²) in [7, 11) is 0. The van der Waals surface area contributed by atoms with E-state index in [1.165, 1.54) is 6.33 Å². The molecule has 160 valence electrons. The molecule has 0 spiro atoms. The van der Waals surface area contributed by atoms with Crippen molar-refractivity contribution < 1.29 is 9.35 Å². The number of H-pyrrole nitrogens is 1. The molecule has 1 aliphatic heterocycles. The fourth-order valence-electron chi connectivity index (χ4n) is 3.66. The van der Waals surface area contributed by atoms with Gasteiger partial charge in [0.2, 0.25) is 0 Å². The first-order valence-corrected chi connectivity index (χ1v) is 11.5. The van der Waals surface area contributed by atoms with Crippen molar-refractivity contribution in [2.75, 3.05) is 16.2 Å². The minimum Gasteiger partial charge on any atom is -0.592 e. The number of carbonyl (C=O) groups excluding carboxylic acids is 1. The Kier molecular flexibility index (Phi) is 6.69. The van der Waals surface area contributed by atoms with E-state index in [9.17, 15) is 9.35 Å². The summed E-state index contributed by atoms with van der Waals surface area (Å²) >= 11 is -1.38. The van der Waals surface area contributed by atoms with Crippen molar-refractivity contribution in [1.29, 1.82) is 0 Å². The van der Waals surface area contributed by atoms with Crippen LogP contribution in [0.15, 0.2) is 66.5 Å². The summed E-state index contributed by atoms with van der Waals surface area (Å²) in [6, 6.07) is 17.1. The Morgan fingerprint density at radius 3 is 2.74 bits per heavy atom. The van der Waals surface area contributed by atoms with Gasteiger partial charge in [-0.1, -0.05) is 49.7 Å². The van der Waals surface area contributed by atoms with Gasteiger partial charge < -0.3 is 14.9 Å². The number of amides is 1. The number of carbonyl (C=O) groups is 1.